The van der Waals surface area contributed by atoms with Gasteiger partial charge in [-0.2, -0.15) is 0 Å². The van der Waals surface area contributed by atoms with Crippen LogP contribution in [0.4, 0.5) is 0 Å². The molecule has 7 heteroatoms. The van der Waals surface area contributed by atoms with E-state index >= 15 is 0 Å². The summed E-state index contributed by atoms with van der Waals surface area (Å²) in [4.78, 5) is 22.8. The molecule has 5 nitrogen and oxygen atoms in total. The average Bonchev–Trinajstić information content (AvgIpc) is 2.87. The minimum atomic E-state index is -0.427. The van der Waals surface area contributed by atoms with Crippen molar-refractivity contribution >= 4 is 44.3 Å². The molecule has 0 bridgehead atoms. The molecule has 0 aliphatic heterocycles. The van der Waals surface area contributed by atoms with Gasteiger partial charge in [0, 0.05) is 33.5 Å². The van der Waals surface area contributed by atoms with Gasteiger partial charge < -0.3 is 9.52 Å². The number of aromatic nitrogens is 2. The normalized spacial score (nSPS) is 11.4. The van der Waals surface area contributed by atoms with Crippen LogP contribution < -0.4 is 5.63 Å². The van der Waals surface area contributed by atoms with E-state index in [-0.39, 0.29) is 5.75 Å². The summed E-state index contributed by atoms with van der Waals surface area (Å²) in [5, 5.41) is 12.4. The highest BCUT2D eigenvalue weighted by atomic mass is 32.2. The first kappa shape index (κ1) is 16.1. The van der Waals surface area contributed by atoms with E-state index < -0.39 is 5.63 Å². The zero-order chi connectivity index (χ0) is 17.6. The largest absolute Gasteiger partial charge is 0.508 e. The summed E-state index contributed by atoms with van der Waals surface area (Å²) in [6.45, 7) is 4.16. The van der Waals surface area contributed by atoms with Gasteiger partial charge in [0.05, 0.1) is 0 Å². The Balaban J connectivity index is 1.75. The number of aromatic hydroxyl groups is 1. The first-order valence-corrected chi connectivity index (χ1v) is 9.42. The lowest BCUT2D eigenvalue weighted by atomic mass is 10.1. The number of thiophene rings is 1. The zero-order valence-corrected chi connectivity index (χ0v) is 15.2. The van der Waals surface area contributed by atoms with Gasteiger partial charge in [-0.25, -0.2) is 14.8 Å². The fourth-order valence-corrected chi connectivity index (χ4v) is 4.85. The molecule has 0 atom stereocenters. The van der Waals surface area contributed by atoms with E-state index in [1.807, 2.05) is 0 Å². The lowest BCUT2D eigenvalue weighted by Gasteiger charge is -2.06. The second kappa shape index (κ2) is 6.16. The van der Waals surface area contributed by atoms with E-state index in [0.29, 0.717) is 11.3 Å². The van der Waals surface area contributed by atoms with E-state index in [9.17, 15) is 9.90 Å². The Hall–Kier alpha value is -2.38. The number of benzene rings is 1. The van der Waals surface area contributed by atoms with Gasteiger partial charge in [-0.15, -0.1) is 23.1 Å². The summed E-state index contributed by atoms with van der Waals surface area (Å²) in [5.74, 6) is 0.648. The molecule has 1 aromatic carbocycles. The predicted octanol–water partition coefficient (Wildman–Crippen LogP) is 4.41. The van der Waals surface area contributed by atoms with Crippen LogP contribution in [-0.4, -0.2) is 15.1 Å². The van der Waals surface area contributed by atoms with E-state index in [1.54, 1.807) is 41.6 Å². The minimum absolute atomic E-state index is 0.0716. The molecule has 25 heavy (non-hydrogen) atoms. The third-order valence-electron chi connectivity index (χ3n) is 4.11. The van der Waals surface area contributed by atoms with Crippen LogP contribution in [0.2, 0.25) is 0 Å². The van der Waals surface area contributed by atoms with Crippen molar-refractivity contribution in [2.24, 2.45) is 0 Å². The molecule has 0 fully saturated rings. The van der Waals surface area contributed by atoms with Crippen LogP contribution in [0.5, 0.6) is 5.75 Å². The molecule has 3 heterocycles. The summed E-state index contributed by atoms with van der Waals surface area (Å²) >= 11 is 3.23. The van der Waals surface area contributed by atoms with Crippen molar-refractivity contribution in [1.82, 2.24) is 9.97 Å². The lowest BCUT2D eigenvalue weighted by Crippen LogP contribution is -2.00. The van der Waals surface area contributed by atoms with Gasteiger partial charge in [0.1, 0.15) is 27.5 Å². The smallest absolute Gasteiger partial charge is 0.336 e. The van der Waals surface area contributed by atoms with Crippen molar-refractivity contribution in [2.75, 3.05) is 0 Å². The number of fused-ring (bicyclic) bond motifs is 2. The molecule has 0 amide bonds. The van der Waals surface area contributed by atoms with Crippen LogP contribution in [0.1, 0.15) is 16.0 Å². The highest BCUT2D eigenvalue weighted by molar-refractivity contribution is 7.98. The maximum absolute atomic E-state index is 11.8. The van der Waals surface area contributed by atoms with Crippen LogP contribution in [0.3, 0.4) is 0 Å². The number of hydrogen-bond donors (Lipinski definition) is 1. The average molecular weight is 370 g/mol. The monoisotopic (exact) mass is 370 g/mol. The van der Waals surface area contributed by atoms with Crippen LogP contribution in [0, 0.1) is 13.8 Å². The molecule has 1 N–H and O–H groups in total. The summed E-state index contributed by atoms with van der Waals surface area (Å²) in [6, 6.07) is 6.31. The highest BCUT2D eigenvalue weighted by Crippen LogP contribution is 2.36. The van der Waals surface area contributed by atoms with E-state index in [1.165, 1.54) is 22.6 Å². The fourth-order valence-electron chi connectivity index (χ4n) is 2.74. The van der Waals surface area contributed by atoms with E-state index in [0.717, 1.165) is 26.2 Å². The van der Waals surface area contributed by atoms with Crippen LogP contribution in [0.15, 0.2) is 44.8 Å². The van der Waals surface area contributed by atoms with Gasteiger partial charge in [-0.05, 0) is 37.1 Å². The molecule has 0 aliphatic rings. The molecule has 0 spiro atoms. The fraction of sp³-hybridized carbons (Fsp3) is 0.167. The molecule has 4 aromatic rings. The number of aryl methyl sites for hydroxylation is 2. The SMILES string of the molecule is Cc1sc2ncnc(SCc3cc(=O)oc4cc(O)ccc34)c2c1C. The molecule has 0 aliphatic carbocycles. The van der Waals surface area contributed by atoms with E-state index in [4.69, 9.17) is 4.42 Å². The number of nitrogens with zero attached hydrogens (tertiary/aromatic N) is 2. The first-order valence-electron chi connectivity index (χ1n) is 7.62. The molecule has 0 radical (unpaired) electrons. The van der Waals surface area contributed by atoms with Crippen molar-refractivity contribution in [1.29, 1.82) is 0 Å². The van der Waals surface area contributed by atoms with Gasteiger partial charge in [-0.1, -0.05) is 0 Å². The van der Waals surface area contributed by atoms with Gasteiger partial charge in [0.25, 0.3) is 0 Å². The Bertz CT molecular complexity index is 1160. The second-order valence-corrected chi connectivity index (χ2v) is 7.87. The third kappa shape index (κ3) is 2.89. The molecule has 4 rings (SSSR count). The first-order chi connectivity index (χ1) is 12.0. The summed E-state index contributed by atoms with van der Waals surface area (Å²) in [7, 11) is 0. The van der Waals surface area contributed by atoms with Crippen molar-refractivity contribution in [3.05, 3.63) is 57.0 Å². The molecule has 0 saturated carbocycles. The van der Waals surface area contributed by atoms with Gasteiger partial charge in [0.2, 0.25) is 0 Å². The predicted molar refractivity (Wildman–Crippen MR) is 101 cm³/mol. The quantitative estimate of drug-likeness (QED) is 0.327. The van der Waals surface area contributed by atoms with Crippen LogP contribution in [-0.2, 0) is 5.75 Å². The number of thioether (sulfide) groups is 1. The maximum atomic E-state index is 11.8. The molecular formula is C18H14N2O3S2. The van der Waals surface area contributed by atoms with Crippen molar-refractivity contribution in [3.8, 4) is 5.75 Å². The zero-order valence-electron chi connectivity index (χ0n) is 13.6. The Morgan fingerprint density at radius 1 is 1.24 bits per heavy atom. The Labute approximate surface area is 151 Å². The number of phenols is 1. The highest BCUT2D eigenvalue weighted by Gasteiger charge is 2.14. The topological polar surface area (TPSA) is 76.2 Å². The number of rotatable bonds is 3. The van der Waals surface area contributed by atoms with Gasteiger partial charge in [0.15, 0.2) is 0 Å². The molecular weight excluding hydrogens is 356 g/mol. The lowest BCUT2D eigenvalue weighted by molar-refractivity contribution is 0.473. The number of hydrogen-bond acceptors (Lipinski definition) is 7. The van der Waals surface area contributed by atoms with Crippen LogP contribution in [0.25, 0.3) is 21.2 Å². The standard InChI is InChI=1S/C18H14N2O3S2/c1-9-10(2)25-18-16(9)17(19-8-20-18)24-7-11-5-15(22)23-14-6-12(21)3-4-13(11)14/h3-6,8,21H,7H2,1-2H3. The van der Waals surface area contributed by atoms with Gasteiger partial charge >= 0.3 is 5.63 Å². The summed E-state index contributed by atoms with van der Waals surface area (Å²) in [5.41, 5.74) is 2.01. The summed E-state index contributed by atoms with van der Waals surface area (Å²) < 4.78 is 5.18. The number of phenolic OH excluding ortho intramolecular Hbond substituents is 1. The summed E-state index contributed by atoms with van der Waals surface area (Å²) in [6.07, 6.45) is 1.58. The second-order valence-electron chi connectivity index (χ2n) is 5.70. The molecule has 0 saturated heterocycles. The Morgan fingerprint density at radius 3 is 2.92 bits per heavy atom. The Kier molecular flexibility index (Phi) is 3.97. The molecule has 0 unspecified atom stereocenters. The third-order valence-corrected chi connectivity index (χ3v) is 6.26. The Morgan fingerprint density at radius 2 is 2.08 bits per heavy atom. The molecule has 126 valence electrons. The van der Waals surface area contributed by atoms with Crippen molar-refractivity contribution in [2.45, 2.75) is 24.6 Å². The maximum Gasteiger partial charge on any atom is 0.336 e. The van der Waals surface area contributed by atoms with Crippen molar-refractivity contribution < 1.29 is 9.52 Å². The van der Waals surface area contributed by atoms with Gasteiger partial charge in [-0.3, -0.25) is 0 Å². The van der Waals surface area contributed by atoms with Crippen molar-refractivity contribution in [3.63, 3.8) is 0 Å². The minimum Gasteiger partial charge on any atom is -0.508 e. The molecule has 3 aromatic heterocycles. The van der Waals surface area contributed by atoms with E-state index in [2.05, 4.69) is 23.8 Å². The van der Waals surface area contributed by atoms with Crippen LogP contribution >= 0.6 is 23.1 Å².